The number of carboxylic acid groups (broad SMARTS) is 1. The second kappa shape index (κ2) is 5.60. The van der Waals surface area contributed by atoms with Crippen LogP contribution in [0.25, 0.3) is 0 Å². The highest BCUT2D eigenvalue weighted by molar-refractivity contribution is 5.71. The number of hydrogen-bond acceptors (Lipinski definition) is 3. The predicted octanol–water partition coefficient (Wildman–Crippen LogP) is 1.02. The summed E-state index contributed by atoms with van der Waals surface area (Å²) in [6.45, 7) is 6.87. The molecule has 0 heterocycles. The van der Waals surface area contributed by atoms with Crippen LogP contribution in [-0.2, 0) is 14.3 Å². The van der Waals surface area contributed by atoms with Gasteiger partial charge in [0.2, 0.25) is 0 Å². The van der Waals surface area contributed by atoms with Crippen LogP contribution in [0.15, 0.2) is 12.8 Å². The number of rotatable bonds is 6. The summed E-state index contributed by atoms with van der Waals surface area (Å²) in [7, 11) is 0. The van der Waals surface area contributed by atoms with Crippen LogP contribution in [0.1, 0.15) is 13.8 Å². The van der Waals surface area contributed by atoms with Gasteiger partial charge in [0.1, 0.15) is 6.10 Å². The Kier molecular flexibility index (Phi) is 5.12. The summed E-state index contributed by atoms with van der Waals surface area (Å²) in [5, 5.41) is 8.44. The molecule has 0 aromatic carbocycles. The van der Waals surface area contributed by atoms with Crippen molar-refractivity contribution in [3.8, 4) is 0 Å². The molecule has 2 unspecified atom stereocenters. The fraction of sp³-hybridized carbons (Fsp3) is 0.625. The molecule has 0 aliphatic rings. The molecule has 70 valence electrons. The monoisotopic (exact) mass is 174 g/mol. The second-order valence-corrected chi connectivity index (χ2v) is 2.43. The molecule has 1 N–H and O–H groups in total. The molecule has 0 rings (SSSR count). The van der Waals surface area contributed by atoms with Crippen LogP contribution < -0.4 is 0 Å². The Labute approximate surface area is 71.8 Å². The van der Waals surface area contributed by atoms with Crippen LogP contribution in [0.5, 0.6) is 0 Å². The normalized spacial score (nSPS) is 14.8. The maximum absolute atomic E-state index is 10.3. The quantitative estimate of drug-likeness (QED) is 0.611. The first-order valence-electron chi connectivity index (χ1n) is 3.68. The maximum atomic E-state index is 10.3. The van der Waals surface area contributed by atoms with E-state index in [1.807, 2.05) is 0 Å². The number of carboxylic acids is 1. The van der Waals surface area contributed by atoms with Crippen LogP contribution in [0.4, 0.5) is 0 Å². The highest BCUT2D eigenvalue weighted by atomic mass is 16.5. The van der Waals surface area contributed by atoms with E-state index in [2.05, 4.69) is 6.58 Å². The summed E-state index contributed by atoms with van der Waals surface area (Å²) in [5.41, 5.74) is 0. The first-order chi connectivity index (χ1) is 5.57. The molecule has 0 radical (unpaired) electrons. The van der Waals surface area contributed by atoms with E-state index in [1.165, 1.54) is 13.2 Å². The molecule has 2 atom stereocenters. The predicted molar refractivity (Wildman–Crippen MR) is 43.8 cm³/mol. The Hall–Kier alpha value is -1.03. The minimum Gasteiger partial charge on any atom is -0.497 e. The average molecular weight is 174 g/mol. The smallest absolute Gasteiger partial charge is 0.332 e. The van der Waals surface area contributed by atoms with Gasteiger partial charge in [-0.05, 0) is 13.8 Å². The van der Waals surface area contributed by atoms with Crippen molar-refractivity contribution in [2.24, 2.45) is 0 Å². The van der Waals surface area contributed by atoms with Crippen molar-refractivity contribution < 1.29 is 19.4 Å². The molecule has 4 heteroatoms. The van der Waals surface area contributed by atoms with Crippen LogP contribution in [0.3, 0.4) is 0 Å². The van der Waals surface area contributed by atoms with Gasteiger partial charge in [0.05, 0.1) is 12.9 Å². The minimum atomic E-state index is -0.971. The van der Waals surface area contributed by atoms with E-state index in [4.69, 9.17) is 14.6 Å². The number of ether oxygens (including phenoxy) is 2. The lowest BCUT2D eigenvalue weighted by molar-refractivity contribution is -0.150. The van der Waals surface area contributed by atoms with E-state index < -0.39 is 12.1 Å². The molecule has 0 aliphatic heterocycles. The van der Waals surface area contributed by atoms with Crippen molar-refractivity contribution in [1.29, 1.82) is 0 Å². The Morgan fingerprint density at radius 1 is 1.67 bits per heavy atom. The summed E-state index contributed by atoms with van der Waals surface area (Å²) < 4.78 is 9.86. The van der Waals surface area contributed by atoms with Gasteiger partial charge in [-0.2, -0.15) is 0 Å². The Balaban J connectivity index is 3.53. The largest absolute Gasteiger partial charge is 0.497 e. The standard InChI is InChI=1S/C8H14O4/c1-4-11-6(2)5-12-7(3)8(9)10/h4,6-7H,1,5H2,2-3H3,(H,9,10). The summed E-state index contributed by atoms with van der Waals surface area (Å²) in [6.07, 6.45) is 0.351. The van der Waals surface area contributed by atoms with Gasteiger partial charge in [-0.25, -0.2) is 4.79 Å². The first kappa shape index (κ1) is 11.0. The van der Waals surface area contributed by atoms with Gasteiger partial charge < -0.3 is 14.6 Å². The highest BCUT2D eigenvalue weighted by Gasteiger charge is 2.12. The Bertz CT molecular complexity index is 155. The summed E-state index contributed by atoms with van der Waals surface area (Å²) in [5.74, 6) is -0.971. The summed E-state index contributed by atoms with van der Waals surface area (Å²) in [4.78, 5) is 10.3. The lowest BCUT2D eigenvalue weighted by Gasteiger charge is -2.13. The molecular formula is C8H14O4. The zero-order valence-electron chi connectivity index (χ0n) is 7.32. The minimum absolute atomic E-state index is 0.163. The average Bonchev–Trinajstić information content (AvgIpc) is 2.00. The highest BCUT2D eigenvalue weighted by Crippen LogP contribution is 1.96. The van der Waals surface area contributed by atoms with Gasteiger partial charge in [-0.3, -0.25) is 0 Å². The van der Waals surface area contributed by atoms with Gasteiger partial charge in [0, 0.05) is 0 Å². The first-order valence-corrected chi connectivity index (χ1v) is 3.68. The number of aliphatic carboxylic acids is 1. The molecule has 0 spiro atoms. The van der Waals surface area contributed by atoms with E-state index in [-0.39, 0.29) is 12.7 Å². The molecule has 0 aliphatic carbocycles. The van der Waals surface area contributed by atoms with Gasteiger partial charge in [0.25, 0.3) is 0 Å². The number of hydrogen-bond donors (Lipinski definition) is 1. The molecule has 0 bridgehead atoms. The molecule has 0 aromatic heterocycles. The molecule has 0 saturated heterocycles. The zero-order chi connectivity index (χ0) is 9.56. The lowest BCUT2D eigenvalue weighted by Crippen LogP contribution is -2.24. The van der Waals surface area contributed by atoms with E-state index >= 15 is 0 Å². The second-order valence-electron chi connectivity index (χ2n) is 2.43. The fourth-order valence-corrected chi connectivity index (χ4v) is 0.555. The number of carbonyl (C=O) groups is 1. The molecule has 12 heavy (non-hydrogen) atoms. The van der Waals surface area contributed by atoms with Crippen molar-refractivity contribution in [2.45, 2.75) is 26.1 Å². The summed E-state index contributed by atoms with van der Waals surface area (Å²) >= 11 is 0. The van der Waals surface area contributed by atoms with Gasteiger partial charge in [-0.1, -0.05) is 6.58 Å². The molecular weight excluding hydrogens is 160 g/mol. The van der Waals surface area contributed by atoms with Crippen molar-refractivity contribution in [3.05, 3.63) is 12.8 Å². The van der Waals surface area contributed by atoms with Crippen LogP contribution in [0, 0.1) is 0 Å². The Morgan fingerprint density at radius 3 is 2.67 bits per heavy atom. The van der Waals surface area contributed by atoms with Gasteiger partial charge >= 0.3 is 5.97 Å². The van der Waals surface area contributed by atoms with Crippen molar-refractivity contribution in [1.82, 2.24) is 0 Å². The van der Waals surface area contributed by atoms with Gasteiger partial charge in [0.15, 0.2) is 6.10 Å². The third kappa shape index (κ3) is 4.73. The SMILES string of the molecule is C=COC(C)COC(C)C(=O)O. The fourth-order valence-electron chi connectivity index (χ4n) is 0.555. The van der Waals surface area contributed by atoms with E-state index in [1.54, 1.807) is 6.92 Å². The van der Waals surface area contributed by atoms with Crippen LogP contribution in [-0.4, -0.2) is 29.9 Å². The van der Waals surface area contributed by atoms with Crippen LogP contribution >= 0.6 is 0 Å². The van der Waals surface area contributed by atoms with Gasteiger partial charge in [-0.15, -0.1) is 0 Å². The van der Waals surface area contributed by atoms with E-state index in [0.717, 1.165) is 0 Å². The topological polar surface area (TPSA) is 55.8 Å². The molecule has 0 aromatic rings. The molecule has 4 nitrogen and oxygen atoms in total. The molecule has 0 amide bonds. The van der Waals surface area contributed by atoms with E-state index in [0.29, 0.717) is 0 Å². The lowest BCUT2D eigenvalue weighted by atomic mass is 10.4. The van der Waals surface area contributed by atoms with Crippen molar-refractivity contribution in [2.75, 3.05) is 6.61 Å². The molecule has 0 fully saturated rings. The van der Waals surface area contributed by atoms with E-state index in [9.17, 15) is 4.79 Å². The van der Waals surface area contributed by atoms with Crippen molar-refractivity contribution in [3.63, 3.8) is 0 Å². The zero-order valence-corrected chi connectivity index (χ0v) is 7.32. The summed E-state index contributed by atoms with van der Waals surface area (Å²) in [6, 6.07) is 0. The third-order valence-electron chi connectivity index (χ3n) is 1.26. The van der Waals surface area contributed by atoms with Crippen LogP contribution in [0.2, 0.25) is 0 Å². The molecule has 0 saturated carbocycles. The maximum Gasteiger partial charge on any atom is 0.332 e. The third-order valence-corrected chi connectivity index (χ3v) is 1.26. The Morgan fingerprint density at radius 2 is 2.25 bits per heavy atom. The van der Waals surface area contributed by atoms with Crippen molar-refractivity contribution >= 4 is 5.97 Å².